The van der Waals surface area contributed by atoms with Crippen LogP contribution in [0, 0.1) is 6.92 Å². The number of thiophene rings is 2. The van der Waals surface area contributed by atoms with Gasteiger partial charge in [0.25, 0.3) is 17.2 Å². The van der Waals surface area contributed by atoms with Crippen molar-refractivity contribution in [1.82, 2.24) is 20.2 Å². The van der Waals surface area contributed by atoms with Crippen LogP contribution >= 0.6 is 22.7 Å². The minimum absolute atomic E-state index is 0.0627. The Labute approximate surface area is 197 Å². The van der Waals surface area contributed by atoms with E-state index in [9.17, 15) is 24.3 Å². The van der Waals surface area contributed by atoms with E-state index >= 15 is 0 Å². The van der Waals surface area contributed by atoms with Gasteiger partial charge in [0.15, 0.2) is 0 Å². The highest BCUT2D eigenvalue weighted by molar-refractivity contribution is 7.15. The number of aliphatic hydroxyl groups excluding tert-OH is 1. The van der Waals surface area contributed by atoms with Crippen molar-refractivity contribution in [2.45, 2.75) is 58.3 Å². The number of hydrogen-bond acceptors (Lipinski definition) is 8. The van der Waals surface area contributed by atoms with Gasteiger partial charge in [-0.25, -0.2) is 4.98 Å². The molecule has 3 aromatic rings. The molecule has 0 spiro atoms. The van der Waals surface area contributed by atoms with E-state index < -0.39 is 29.9 Å². The van der Waals surface area contributed by atoms with Crippen LogP contribution in [0.1, 0.15) is 63.9 Å². The van der Waals surface area contributed by atoms with Crippen molar-refractivity contribution in [3.05, 3.63) is 48.3 Å². The van der Waals surface area contributed by atoms with Crippen LogP contribution in [0.4, 0.5) is 0 Å². The Balaban J connectivity index is 1.53. The maximum absolute atomic E-state index is 13.1. The monoisotopic (exact) mass is 488 g/mol. The first kappa shape index (κ1) is 23.3. The molecule has 1 aliphatic heterocycles. The van der Waals surface area contributed by atoms with E-state index in [0.717, 1.165) is 4.88 Å². The quantitative estimate of drug-likeness (QED) is 0.360. The lowest BCUT2D eigenvalue weighted by atomic mass is 10.0. The van der Waals surface area contributed by atoms with E-state index in [1.165, 1.54) is 27.2 Å². The number of piperidine rings is 1. The van der Waals surface area contributed by atoms with Gasteiger partial charge in [-0.1, -0.05) is 13.8 Å². The number of nitrogens with one attached hydrogen (secondary N) is 2. The average molecular weight is 489 g/mol. The zero-order valence-electron chi connectivity index (χ0n) is 18.4. The first-order valence-electron chi connectivity index (χ1n) is 10.6. The Morgan fingerprint density at radius 2 is 2.06 bits per heavy atom. The van der Waals surface area contributed by atoms with Crippen LogP contribution in [-0.2, 0) is 16.1 Å². The molecular formula is C22H24N4O5S2. The second-order valence-electron chi connectivity index (χ2n) is 8.24. The fourth-order valence-corrected chi connectivity index (χ4v) is 5.66. The molecular weight excluding hydrogens is 464 g/mol. The molecule has 174 valence electrons. The van der Waals surface area contributed by atoms with Gasteiger partial charge in [-0.3, -0.25) is 23.7 Å². The van der Waals surface area contributed by atoms with Crippen LogP contribution in [0.3, 0.4) is 0 Å². The van der Waals surface area contributed by atoms with Crippen molar-refractivity contribution in [3.8, 4) is 0 Å². The van der Waals surface area contributed by atoms with Gasteiger partial charge in [0, 0.05) is 10.3 Å². The second-order valence-corrected chi connectivity index (χ2v) is 10.3. The van der Waals surface area contributed by atoms with Crippen LogP contribution in [-0.4, -0.2) is 38.5 Å². The van der Waals surface area contributed by atoms with E-state index in [4.69, 9.17) is 0 Å². The largest absolute Gasteiger partial charge is 0.374 e. The number of aliphatic hydroxyl groups is 1. The third kappa shape index (κ3) is 4.48. The molecule has 4 rings (SSSR count). The number of carbonyl (C=O) groups excluding carboxylic acids is 3. The average Bonchev–Trinajstić information content (AvgIpc) is 3.40. The number of hydrogen-bond donors (Lipinski definition) is 3. The first-order chi connectivity index (χ1) is 15.7. The van der Waals surface area contributed by atoms with Gasteiger partial charge in [0.1, 0.15) is 18.1 Å². The minimum Gasteiger partial charge on any atom is -0.374 e. The number of amides is 2. The summed E-state index contributed by atoms with van der Waals surface area (Å²) in [4.78, 5) is 56.9. The number of nitrogens with zero attached hydrogens (tertiary/aromatic N) is 2. The van der Waals surface area contributed by atoms with Gasteiger partial charge in [0.2, 0.25) is 5.91 Å². The summed E-state index contributed by atoms with van der Waals surface area (Å²) >= 11 is 2.57. The topological polar surface area (TPSA) is 130 Å². The lowest BCUT2D eigenvalue weighted by Crippen LogP contribution is -2.47. The molecule has 1 aliphatic rings. The molecule has 0 aromatic carbocycles. The van der Waals surface area contributed by atoms with Crippen LogP contribution in [0.15, 0.2) is 22.3 Å². The third-order valence-corrected chi connectivity index (χ3v) is 7.94. The summed E-state index contributed by atoms with van der Waals surface area (Å²) in [7, 11) is 0. The van der Waals surface area contributed by atoms with Crippen LogP contribution < -0.4 is 16.2 Å². The molecule has 2 atom stereocenters. The molecule has 33 heavy (non-hydrogen) atoms. The summed E-state index contributed by atoms with van der Waals surface area (Å²) < 4.78 is 1.35. The van der Waals surface area contributed by atoms with Gasteiger partial charge in [-0.2, -0.15) is 0 Å². The zero-order valence-corrected chi connectivity index (χ0v) is 20.0. The molecule has 3 aromatic heterocycles. The molecule has 0 bridgehead atoms. The highest BCUT2D eigenvalue weighted by Crippen LogP contribution is 2.26. The molecule has 2 unspecified atom stereocenters. The molecule has 3 N–H and O–H groups in total. The van der Waals surface area contributed by atoms with E-state index in [2.05, 4.69) is 15.6 Å². The molecule has 4 heterocycles. The van der Waals surface area contributed by atoms with Gasteiger partial charge in [-0.05, 0) is 37.8 Å². The van der Waals surface area contributed by atoms with Crippen molar-refractivity contribution < 1.29 is 19.5 Å². The minimum atomic E-state index is -0.911. The smallest absolute Gasteiger partial charge is 0.293 e. The van der Waals surface area contributed by atoms with Crippen LogP contribution in [0.2, 0.25) is 0 Å². The summed E-state index contributed by atoms with van der Waals surface area (Å²) in [6.07, 6.45) is -0.234. The number of aromatic nitrogens is 2. The Morgan fingerprint density at radius 1 is 1.30 bits per heavy atom. The van der Waals surface area contributed by atoms with Crippen molar-refractivity contribution in [3.63, 3.8) is 0 Å². The van der Waals surface area contributed by atoms with Crippen molar-refractivity contribution in [2.75, 3.05) is 0 Å². The van der Waals surface area contributed by atoms with Crippen molar-refractivity contribution in [2.24, 2.45) is 0 Å². The molecule has 9 nitrogen and oxygen atoms in total. The summed E-state index contributed by atoms with van der Waals surface area (Å²) in [6, 6.07) is 2.78. The second kappa shape index (κ2) is 9.16. The molecule has 1 fully saturated rings. The van der Waals surface area contributed by atoms with Gasteiger partial charge in [-0.15, -0.1) is 22.7 Å². The van der Waals surface area contributed by atoms with Crippen LogP contribution in [0.5, 0.6) is 0 Å². The van der Waals surface area contributed by atoms with E-state index in [-0.39, 0.29) is 18.0 Å². The number of rotatable bonds is 6. The van der Waals surface area contributed by atoms with Gasteiger partial charge < -0.3 is 15.7 Å². The predicted molar refractivity (Wildman–Crippen MR) is 126 cm³/mol. The van der Waals surface area contributed by atoms with Gasteiger partial charge >= 0.3 is 0 Å². The third-order valence-electron chi connectivity index (χ3n) is 5.58. The van der Waals surface area contributed by atoms with Crippen molar-refractivity contribution >= 4 is 51.2 Å². The number of fused-ring (bicyclic) bond motifs is 1. The Kier molecular flexibility index (Phi) is 6.46. The summed E-state index contributed by atoms with van der Waals surface area (Å²) in [5, 5.41) is 16.7. The van der Waals surface area contributed by atoms with E-state index in [1.54, 1.807) is 18.4 Å². The Bertz CT molecular complexity index is 1310. The summed E-state index contributed by atoms with van der Waals surface area (Å²) in [5.41, 5.74) is 0.0970. The maximum atomic E-state index is 13.1. The standard InChI is InChI=1S/C22H24N4O5S2/c1-10(2)14-5-6-15(33-14)19(28)21(30)23-8-16-18-12(9-32-16)22(31)26(11(3)24-18)13-4-7-17(27)25-20(13)29/h5-6,9-10,13,17,27H,4,7-8H2,1-3H3,(H,23,30)(H,25,29). The van der Waals surface area contributed by atoms with E-state index in [1.807, 2.05) is 19.9 Å². The molecule has 11 heteroatoms. The molecule has 1 saturated heterocycles. The lowest BCUT2D eigenvalue weighted by molar-refractivity contribution is -0.130. The highest BCUT2D eigenvalue weighted by atomic mass is 32.1. The number of ketones is 1. The Morgan fingerprint density at radius 3 is 2.73 bits per heavy atom. The molecule has 2 amide bonds. The fraction of sp³-hybridized carbons (Fsp3) is 0.409. The van der Waals surface area contributed by atoms with Gasteiger partial charge in [0.05, 0.1) is 27.2 Å². The molecule has 0 radical (unpaired) electrons. The SMILES string of the molecule is Cc1nc2c(CNC(=O)C(=O)c3ccc(C(C)C)s3)scc2c(=O)n1C1CCC(O)NC1=O. The number of Topliss-reactive ketones (excluding diaryl/α,β-unsaturated/α-hetero) is 1. The zero-order chi connectivity index (χ0) is 23.9. The lowest BCUT2D eigenvalue weighted by Gasteiger charge is -2.28. The fourth-order valence-electron chi connectivity index (χ4n) is 3.81. The van der Waals surface area contributed by atoms with E-state index in [0.29, 0.717) is 39.3 Å². The van der Waals surface area contributed by atoms with Crippen LogP contribution in [0.25, 0.3) is 10.9 Å². The predicted octanol–water partition coefficient (Wildman–Crippen LogP) is 2.22. The first-order valence-corrected chi connectivity index (χ1v) is 12.3. The summed E-state index contributed by atoms with van der Waals surface area (Å²) in [6.45, 7) is 5.75. The molecule has 0 saturated carbocycles. The highest BCUT2D eigenvalue weighted by Gasteiger charge is 2.31. The van der Waals surface area contributed by atoms with Crippen molar-refractivity contribution in [1.29, 1.82) is 0 Å². The Hall–Kier alpha value is -2.89. The number of carbonyl (C=O) groups is 3. The number of aryl methyl sites for hydroxylation is 1. The summed E-state index contributed by atoms with van der Waals surface area (Å²) in [5.74, 6) is -1.08. The maximum Gasteiger partial charge on any atom is 0.293 e. The normalized spacial score (nSPS) is 18.5. The molecule has 0 aliphatic carbocycles.